The number of carbonyl (C=O) groups excluding carboxylic acids is 1. The van der Waals surface area contributed by atoms with Crippen LogP contribution in [-0.4, -0.2) is 31.3 Å². The molecule has 2 aromatic heterocycles. The average molecular weight is 252 g/mol. The Labute approximate surface area is 102 Å². The molecule has 2 heterocycles. The highest BCUT2D eigenvalue weighted by Crippen LogP contribution is 2.14. The summed E-state index contributed by atoms with van der Waals surface area (Å²) < 4.78 is 0. The van der Waals surface area contributed by atoms with Gasteiger partial charge in [-0.15, -0.1) is 15.3 Å². The first-order valence-corrected chi connectivity index (χ1v) is 6.03. The van der Waals surface area contributed by atoms with Crippen LogP contribution in [0.25, 0.3) is 0 Å². The summed E-state index contributed by atoms with van der Waals surface area (Å²) in [5, 5.41) is 18.0. The molecule has 17 heavy (non-hydrogen) atoms. The van der Waals surface area contributed by atoms with Crippen molar-refractivity contribution in [3.63, 3.8) is 0 Å². The third-order valence-electron chi connectivity index (χ3n) is 1.97. The molecule has 0 saturated carbocycles. The quantitative estimate of drug-likeness (QED) is 0.851. The molecule has 0 bridgehead atoms. The number of rotatable bonds is 4. The van der Waals surface area contributed by atoms with E-state index in [0.29, 0.717) is 11.0 Å². The highest BCUT2D eigenvalue weighted by Gasteiger charge is 2.14. The lowest BCUT2D eigenvalue weighted by molar-refractivity contribution is 0.101. The first-order chi connectivity index (χ1) is 8.19. The summed E-state index contributed by atoms with van der Waals surface area (Å²) >= 11 is 1.31. The molecule has 0 aliphatic rings. The molecule has 7 nitrogen and oxygen atoms in total. The smallest absolute Gasteiger partial charge is 0.294 e. The van der Waals surface area contributed by atoms with E-state index >= 15 is 0 Å². The Balaban J connectivity index is 2.03. The van der Waals surface area contributed by atoms with Crippen molar-refractivity contribution < 1.29 is 4.79 Å². The van der Waals surface area contributed by atoms with Gasteiger partial charge in [0.05, 0.1) is 0 Å². The molecular formula is C9H12N6OS. The van der Waals surface area contributed by atoms with E-state index in [9.17, 15) is 4.79 Å². The zero-order valence-corrected chi connectivity index (χ0v) is 10.3. The van der Waals surface area contributed by atoms with Crippen LogP contribution in [0.1, 0.15) is 34.8 Å². The Morgan fingerprint density at radius 1 is 1.47 bits per heavy atom. The average Bonchev–Trinajstić information content (AvgIpc) is 2.88. The third kappa shape index (κ3) is 2.84. The molecule has 1 amide bonds. The van der Waals surface area contributed by atoms with E-state index < -0.39 is 0 Å². The molecule has 0 saturated heterocycles. The second-order valence-electron chi connectivity index (χ2n) is 3.44. The summed E-state index contributed by atoms with van der Waals surface area (Å²) in [4.78, 5) is 15.8. The molecule has 0 fully saturated rings. The van der Waals surface area contributed by atoms with E-state index in [1.165, 1.54) is 11.3 Å². The van der Waals surface area contributed by atoms with E-state index in [-0.39, 0.29) is 11.7 Å². The third-order valence-corrected chi connectivity index (χ3v) is 2.72. The predicted molar refractivity (Wildman–Crippen MR) is 63.0 cm³/mol. The molecule has 2 N–H and O–H groups in total. The monoisotopic (exact) mass is 252 g/mol. The van der Waals surface area contributed by atoms with Gasteiger partial charge >= 0.3 is 0 Å². The summed E-state index contributed by atoms with van der Waals surface area (Å²) in [7, 11) is 0. The van der Waals surface area contributed by atoms with Gasteiger partial charge in [-0.25, -0.2) is 4.98 Å². The summed E-state index contributed by atoms with van der Waals surface area (Å²) in [5.41, 5.74) is 0. The topological polar surface area (TPSA) is 96.5 Å². The minimum Gasteiger partial charge on any atom is -0.294 e. The Morgan fingerprint density at radius 3 is 2.94 bits per heavy atom. The van der Waals surface area contributed by atoms with E-state index in [1.54, 1.807) is 0 Å². The first kappa shape index (κ1) is 11.6. The highest BCUT2D eigenvalue weighted by molar-refractivity contribution is 7.15. The van der Waals surface area contributed by atoms with Crippen LogP contribution in [0.3, 0.4) is 0 Å². The van der Waals surface area contributed by atoms with Crippen LogP contribution in [0.5, 0.6) is 0 Å². The minimum absolute atomic E-state index is 0.126. The second kappa shape index (κ2) is 5.00. The maximum Gasteiger partial charge on any atom is 0.297 e. The van der Waals surface area contributed by atoms with Crippen LogP contribution in [0, 0.1) is 6.92 Å². The number of carbonyl (C=O) groups is 1. The molecule has 0 aliphatic heterocycles. The molecule has 0 radical (unpaired) electrons. The first-order valence-electron chi connectivity index (χ1n) is 5.21. The van der Waals surface area contributed by atoms with Crippen molar-refractivity contribution in [1.29, 1.82) is 0 Å². The van der Waals surface area contributed by atoms with Gasteiger partial charge in [-0.1, -0.05) is 18.3 Å². The van der Waals surface area contributed by atoms with E-state index in [0.717, 1.165) is 17.8 Å². The molecular weight excluding hydrogens is 240 g/mol. The van der Waals surface area contributed by atoms with Gasteiger partial charge in [0, 0.05) is 6.42 Å². The maximum atomic E-state index is 11.7. The number of amides is 1. The minimum atomic E-state index is -0.375. The molecule has 0 spiro atoms. The molecule has 0 unspecified atom stereocenters. The number of aromatic nitrogens is 5. The van der Waals surface area contributed by atoms with E-state index in [1.807, 2.05) is 13.8 Å². The number of nitrogens with one attached hydrogen (secondary N) is 2. The number of anilines is 1. The van der Waals surface area contributed by atoms with Gasteiger partial charge in [0.25, 0.3) is 5.91 Å². The van der Waals surface area contributed by atoms with Gasteiger partial charge in [0.1, 0.15) is 10.8 Å². The Hall–Kier alpha value is -1.83. The summed E-state index contributed by atoms with van der Waals surface area (Å²) in [6.45, 7) is 3.85. The van der Waals surface area contributed by atoms with Gasteiger partial charge in [0.2, 0.25) is 11.0 Å². The zero-order valence-electron chi connectivity index (χ0n) is 9.52. The van der Waals surface area contributed by atoms with Gasteiger partial charge in [-0.05, 0) is 13.3 Å². The Kier molecular flexibility index (Phi) is 3.43. The fourth-order valence-corrected chi connectivity index (χ4v) is 1.83. The van der Waals surface area contributed by atoms with E-state index in [2.05, 4.69) is 30.7 Å². The summed E-state index contributed by atoms with van der Waals surface area (Å²) in [6.07, 6.45) is 1.73. The molecule has 2 aromatic rings. The van der Waals surface area contributed by atoms with Crippen LogP contribution < -0.4 is 5.32 Å². The lowest BCUT2D eigenvalue weighted by Crippen LogP contribution is -2.13. The van der Waals surface area contributed by atoms with Crippen LogP contribution in [-0.2, 0) is 6.42 Å². The molecule has 90 valence electrons. The van der Waals surface area contributed by atoms with Crippen LogP contribution >= 0.6 is 11.3 Å². The van der Waals surface area contributed by atoms with Crippen molar-refractivity contribution in [2.75, 3.05) is 5.32 Å². The van der Waals surface area contributed by atoms with Gasteiger partial charge in [-0.3, -0.25) is 15.2 Å². The summed E-state index contributed by atoms with van der Waals surface area (Å²) in [5.74, 6) is 0.465. The van der Waals surface area contributed by atoms with Crippen molar-refractivity contribution in [2.45, 2.75) is 26.7 Å². The highest BCUT2D eigenvalue weighted by atomic mass is 32.1. The van der Waals surface area contributed by atoms with Crippen LogP contribution in [0.2, 0.25) is 0 Å². The number of H-pyrrole nitrogens is 1. The number of hydrogen-bond donors (Lipinski definition) is 2. The standard InChI is InChI=1S/C9H12N6OS/c1-3-4-6-10-7(14-13-6)8(16)11-9-15-12-5(2)17-9/h3-4H2,1-2H3,(H,10,13,14)(H,11,15,16). The van der Waals surface area contributed by atoms with Crippen molar-refractivity contribution in [1.82, 2.24) is 25.4 Å². The molecule has 0 atom stereocenters. The molecule has 0 aliphatic carbocycles. The fraction of sp³-hybridized carbons (Fsp3) is 0.444. The predicted octanol–water partition coefficient (Wildman–Crippen LogP) is 1.17. The van der Waals surface area contributed by atoms with Crippen molar-refractivity contribution in [3.8, 4) is 0 Å². The van der Waals surface area contributed by atoms with Gasteiger partial charge in [-0.2, -0.15) is 0 Å². The van der Waals surface area contributed by atoms with Gasteiger partial charge < -0.3 is 0 Å². The Morgan fingerprint density at radius 2 is 2.29 bits per heavy atom. The van der Waals surface area contributed by atoms with Gasteiger partial charge in [0.15, 0.2) is 0 Å². The van der Waals surface area contributed by atoms with E-state index in [4.69, 9.17) is 0 Å². The number of hydrogen-bond acceptors (Lipinski definition) is 6. The normalized spacial score (nSPS) is 10.5. The maximum absolute atomic E-state index is 11.7. The molecule has 2 rings (SSSR count). The number of aryl methyl sites for hydroxylation is 2. The molecule has 8 heteroatoms. The molecule has 0 aromatic carbocycles. The largest absolute Gasteiger partial charge is 0.297 e. The lowest BCUT2D eigenvalue weighted by atomic mass is 10.3. The van der Waals surface area contributed by atoms with Crippen LogP contribution in [0.4, 0.5) is 5.13 Å². The summed E-state index contributed by atoms with van der Waals surface area (Å²) in [6, 6.07) is 0. The fourth-order valence-electron chi connectivity index (χ4n) is 1.25. The Bertz CT molecular complexity index is 519. The number of nitrogens with zero attached hydrogens (tertiary/aromatic N) is 4. The second-order valence-corrected chi connectivity index (χ2v) is 4.62. The lowest BCUT2D eigenvalue weighted by Gasteiger charge is -1.94. The van der Waals surface area contributed by atoms with Crippen molar-refractivity contribution >= 4 is 22.4 Å². The zero-order chi connectivity index (χ0) is 12.3. The van der Waals surface area contributed by atoms with Crippen molar-refractivity contribution in [3.05, 3.63) is 16.7 Å². The van der Waals surface area contributed by atoms with Crippen LogP contribution in [0.15, 0.2) is 0 Å². The van der Waals surface area contributed by atoms with Crippen molar-refractivity contribution in [2.24, 2.45) is 0 Å². The SMILES string of the molecule is CCCc1nc(C(=O)Nc2nnc(C)s2)n[nH]1. The number of aromatic amines is 1.